The van der Waals surface area contributed by atoms with Gasteiger partial charge in [0.1, 0.15) is 5.82 Å². The van der Waals surface area contributed by atoms with E-state index in [0.29, 0.717) is 23.7 Å². The van der Waals surface area contributed by atoms with E-state index in [1.54, 1.807) is 17.9 Å². The van der Waals surface area contributed by atoms with Gasteiger partial charge in [-0.2, -0.15) is 0 Å². The summed E-state index contributed by atoms with van der Waals surface area (Å²) in [6, 6.07) is 2.36. The summed E-state index contributed by atoms with van der Waals surface area (Å²) in [5.41, 5.74) is 6.56. The lowest BCUT2D eigenvalue weighted by Gasteiger charge is -2.39. The highest BCUT2D eigenvalue weighted by Gasteiger charge is 2.39. The van der Waals surface area contributed by atoms with Crippen molar-refractivity contribution in [2.75, 3.05) is 13.1 Å². The van der Waals surface area contributed by atoms with E-state index < -0.39 is 11.8 Å². The predicted octanol–water partition coefficient (Wildman–Crippen LogP) is 3.00. The van der Waals surface area contributed by atoms with Crippen molar-refractivity contribution in [3.63, 3.8) is 0 Å². The van der Waals surface area contributed by atoms with Crippen molar-refractivity contribution in [1.82, 2.24) is 15.1 Å². The number of nitrogens with zero attached hydrogens (tertiary/aromatic N) is 2. The van der Waals surface area contributed by atoms with Crippen LogP contribution in [0.5, 0.6) is 0 Å². The van der Waals surface area contributed by atoms with E-state index >= 15 is 0 Å². The molecule has 0 unspecified atom stereocenters. The molecule has 2 fully saturated rings. The Morgan fingerprint density at radius 2 is 2.08 bits per heavy atom. The Kier molecular flexibility index (Phi) is 5.55. The van der Waals surface area contributed by atoms with Crippen LogP contribution in [0.3, 0.4) is 0 Å². The molecule has 1 saturated heterocycles. The lowest BCUT2D eigenvalue weighted by molar-refractivity contribution is 0.118. The van der Waals surface area contributed by atoms with Crippen LogP contribution in [0.4, 0.5) is 14.0 Å². The quantitative estimate of drug-likeness (QED) is 0.839. The largest absolute Gasteiger partial charge is 0.351 e. The molecule has 6 nitrogen and oxygen atoms in total. The van der Waals surface area contributed by atoms with Crippen molar-refractivity contribution in [3.8, 4) is 0 Å². The smallest absolute Gasteiger partial charge is 0.318 e. The lowest BCUT2D eigenvalue weighted by atomic mass is 10.0. The molecule has 3 rings (SSSR count). The summed E-state index contributed by atoms with van der Waals surface area (Å²) < 4.78 is 14.0. The minimum atomic E-state index is -0.454. The number of halogens is 2. The zero-order valence-electron chi connectivity index (χ0n) is 14.8. The van der Waals surface area contributed by atoms with Crippen molar-refractivity contribution < 1.29 is 14.0 Å². The molecule has 1 aromatic carbocycles. The van der Waals surface area contributed by atoms with Gasteiger partial charge in [-0.1, -0.05) is 11.6 Å². The maximum atomic E-state index is 14.0. The molecular formula is C18H24ClFN4O2. The van der Waals surface area contributed by atoms with Crippen LogP contribution in [0.2, 0.25) is 5.02 Å². The van der Waals surface area contributed by atoms with Crippen LogP contribution in [-0.2, 0) is 6.54 Å². The third kappa shape index (κ3) is 4.20. The lowest BCUT2D eigenvalue weighted by Crippen LogP contribution is -2.55. The molecule has 2 aliphatic rings. The van der Waals surface area contributed by atoms with Crippen LogP contribution in [0, 0.1) is 12.7 Å². The SMILES string of the molecule is Cc1cc(CNC(=O)N(C2CC2)[C@@H]2CCCN(C(N)=O)C2)c(F)cc1Cl. The number of primary amides is 1. The summed E-state index contributed by atoms with van der Waals surface area (Å²) in [6.07, 6.45) is 3.56. The maximum absolute atomic E-state index is 14.0. The van der Waals surface area contributed by atoms with Gasteiger partial charge in [0.15, 0.2) is 0 Å². The molecule has 8 heteroatoms. The van der Waals surface area contributed by atoms with Gasteiger partial charge < -0.3 is 20.9 Å². The number of piperidine rings is 1. The van der Waals surface area contributed by atoms with Gasteiger partial charge in [0, 0.05) is 36.3 Å². The van der Waals surface area contributed by atoms with E-state index in [1.807, 2.05) is 4.90 Å². The second kappa shape index (κ2) is 7.70. The molecule has 1 atom stereocenters. The molecule has 0 spiro atoms. The normalized spacial score (nSPS) is 20.0. The van der Waals surface area contributed by atoms with Gasteiger partial charge >= 0.3 is 12.1 Å². The number of carbonyl (C=O) groups excluding carboxylic acids is 2. The molecular weight excluding hydrogens is 359 g/mol. The van der Waals surface area contributed by atoms with Crippen LogP contribution in [0.1, 0.15) is 36.8 Å². The predicted molar refractivity (Wildman–Crippen MR) is 97.4 cm³/mol. The second-order valence-corrected chi connectivity index (χ2v) is 7.48. The van der Waals surface area contributed by atoms with Gasteiger partial charge in [-0.25, -0.2) is 14.0 Å². The highest BCUT2D eigenvalue weighted by molar-refractivity contribution is 6.31. The van der Waals surface area contributed by atoms with E-state index in [4.69, 9.17) is 17.3 Å². The first kappa shape index (κ1) is 18.8. The van der Waals surface area contributed by atoms with Gasteiger partial charge in [-0.3, -0.25) is 0 Å². The van der Waals surface area contributed by atoms with Crippen LogP contribution in [-0.4, -0.2) is 47.0 Å². The molecule has 1 heterocycles. The summed E-state index contributed by atoms with van der Waals surface area (Å²) in [7, 11) is 0. The monoisotopic (exact) mass is 382 g/mol. The van der Waals surface area contributed by atoms with E-state index in [2.05, 4.69) is 5.32 Å². The Morgan fingerprint density at radius 1 is 1.35 bits per heavy atom. The number of carbonyl (C=O) groups is 2. The molecule has 26 heavy (non-hydrogen) atoms. The van der Waals surface area contributed by atoms with Gasteiger partial charge in [0.25, 0.3) is 0 Å². The molecule has 142 valence electrons. The Labute approximate surface area is 157 Å². The van der Waals surface area contributed by atoms with Gasteiger partial charge in [0.2, 0.25) is 0 Å². The third-order valence-corrected chi connectivity index (χ3v) is 5.44. The summed E-state index contributed by atoms with van der Waals surface area (Å²) in [5, 5.41) is 3.19. The van der Waals surface area contributed by atoms with E-state index in [1.165, 1.54) is 6.07 Å². The molecule has 1 aromatic rings. The molecule has 0 radical (unpaired) electrons. The number of amides is 4. The van der Waals surface area contributed by atoms with Crippen molar-refractivity contribution in [2.24, 2.45) is 5.73 Å². The first-order chi connectivity index (χ1) is 12.4. The van der Waals surface area contributed by atoms with Crippen molar-refractivity contribution in [1.29, 1.82) is 0 Å². The number of hydrogen-bond donors (Lipinski definition) is 2. The maximum Gasteiger partial charge on any atom is 0.318 e. The number of benzene rings is 1. The number of aryl methyl sites for hydroxylation is 1. The van der Waals surface area contributed by atoms with Gasteiger partial charge in [-0.05, 0) is 50.3 Å². The summed E-state index contributed by atoms with van der Waals surface area (Å²) in [4.78, 5) is 27.6. The Balaban J connectivity index is 1.66. The highest BCUT2D eigenvalue weighted by Crippen LogP contribution is 2.31. The third-order valence-electron chi connectivity index (χ3n) is 5.03. The molecule has 1 aliphatic carbocycles. The number of likely N-dealkylation sites (tertiary alicyclic amines) is 1. The number of rotatable bonds is 4. The van der Waals surface area contributed by atoms with Crippen molar-refractivity contribution >= 4 is 23.7 Å². The van der Waals surface area contributed by atoms with Crippen molar-refractivity contribution in [3.05, 3.63) is 34.1 Å². The van der Waals surface area contributed by atoms with Crippen LogP contribution < -0.4 is 11.1 Å². The fourth-order valence-corrected chi connectivity index (χ4v) is 3.63. The molecule has 0 bridgehead atoms. The average molecular weight is 383 g/mol. The van der Waals surface area contributed by atoms with Crippen LogP contribution in [0.15, 0.2) is 12.1 Å². The fraction of sp³-hybridized carbons (Fsp3) is 0.556. The Morgan fingerprint density at radius 3 is 2.73 bits per heavy atom. The first-order valence-electron chi connectivity index (χ1n) is 8.92. The van der Waals surface area contributed by atoms with E-state index in [-0.39, 0.29) is 24.7 Å². The number of nitrogens with two attached hydrogens (primary N) is 1. The minimum Gasteiger partial charge on any atom is -0.351 e. The Bertz CT molecular complexity index is 711. The van der Waals surface area contributed by atoms with E-state index in [0.717, 1.165) is 31.2 Å². The average Bonchev–Trinajstić information content (AvgIpc) is 3.42. The second-order valence-electron chi connectivity index (χ2n) is 7.07. The first-order valence-corrected chi connectivity index (χ1v) is 9.29. The van der Waals surface area contributed by atoms with Gasteiger partial charge in [0.05, 0.1) is 6.04 Å². The molecule has 3 N–H and O–H groups in total. The molecule has 0 aromatic heterocycles. The molecule has 1 saturated carbocycles. The topological polar surface area (TPSA) is 78.7 Å². The zero-order valence-corrected chi connectivity index (χ0v) is 15.6. The number of urea groups is 2. The summed E-state index contributed by atoms with van der Waals surface area (Å²) in [5.74, 6) is -0.434. The zero-order chi connectivity index (χ0) is 18.8. The Hall–Kier alpha value is -2.02. The van der Waals surface area contributed by atoms with Crippen molar-refractivity contribution in [2.45, 2.75) is 51.2 Å². The minimum absolute atomic E-state index is 0.0550. The summed E-state index contributed by atoms with van der Waals surface area (Å²) >= 11 is 5.91. The van der Waals surface area contributed by atoms with Crippen LogP contribution >= 0.6 is 11.6 Å². The van der Waals surface area contributed by atoms with Gasteiger partial charge in [-0.15, -0.1) is 0 Å². The van der Waals surface area contributed by atoms with Crippen LogP contribution in [0.25, 0.3) is 0 Å². The molecule has 4 amide bonds. The molecule has 1 aliphatic heterocycles. The standard InChI is InChI=1S/C18H24ClFN4O2/c1-11-7-12(16(20)8-15(11)19)9-22-18(26)24(13-4-5-13)14-3-2-6-23(10-14)17(21)25/h7-8,13-14H,2-6,9-10H2,1H3,(H2,21,25)(H,22,26)/t14-/m1/s1. The highest BCUT2D eigenvalue weighted by atomic mass is 35.5. The number of nitrogens with one attached hydrogen (secondary N) is 1. The summed E-state index contributed by atoms with van der Waals surface area (Å²) in [6.45, 7) is 2.97. The number of hydrogen-bond acceptors (Lipinski definition) is 2. The fourth-order valence-electron chi connectivity index (χ4n) is 3.48. The van der Waals surface area contributed by atoms with E-state index in [9.17, 15) is 14.0 Å².